The van der Waals surface area contributed by atoms with Gasteiger partial charge in [0.1, 0.15) is 0 Å². The summed E-state index contributed by atoms with van der Waals surface area (Å²) in [7, 11) is 0. The van der Waals surface area contributed by atoms with Gasteiger partial charge in [0, 0.05) is 11.5 Å². The molecule has 0 nitrogen and oxygen atoms in total. The lowest BCUT2D eigenvalue weighted by atomic mass is 10.1. The second-order valence-electron chi connectivity index (χ2n) is 2.25. The molecule has 1 rings (SSSR count). The highest BCUT2D eigenvalue weighted by atomic mass is 32.2. The monoisotopic (exact) mass is 152 g/mol. The second kappa shape index (κ2) is 3.67. The van der Waals surface area contributed by atoms with Gasteiger partial charge in [-0.3, -0.25) is 0 Å². The highest BCUT2D eigenvalue weighted by molar-refractivity contribution is 7.99. The third-order valence-electron chi connectivity index (χ3n) is 1.54. The Balaban J connectivity index is 2.77. The first-order valence-corrected chi connectivity index (χ1v) is 4.59. The van der Waals surface area contributed by atoms with E-state index < -0.39 is 0 Å². The van der Waals surface area contributed by atoms with E-state index in [-0.39, 0.29) is 0 Å². The van der Waals surface area contributed by atoms with Crippen molar-refractivity contribution >= 4 is 11.8 Å². The topological polar surface area (TPSA) is 0 Å². The Labute approximate surface area is 66.7 Å². The third kappa shape index (κ3) is 1.54. The molecule has 0 saturated carbocycles. The molecule has 0 aromatic rings. The molecule has 0 amide bonds. The largest absolute Gasteiger partial charge is 0.152 e. The molecule has 54 valence electrons. The third-order valence-corrected chi connectivity index (χ3v) is 2.57. The van der Waals surface area contributed by atoms with Gasteiger partial charge in [-0.2, -0.15) is 11.8 Å². The summed E-state index contributed by atoms with van der Waals surface area (Å²) >= 11 is 1.96. The van der Waals surface area contributed by atoms with Crippen LogP contribution in [0.4, 0.5) is 0 Å². The Morgan fingerprint density at radius 2 is 2.10 bits per heavy atom. The fourth-order valence-corrected chi connectivity index (χ4v) is 2.13. The Morgan fingerprint density at radius 3 is 2.70 bits per heavy atom. The van der Waals surface area contributed by atoms with Crippen LogP contribution in [0.2, 0.25) is 0 Å². The second-order valence-corrected chi connectivity index (χ2v) is 3.23. The Kier molecular flexibility index (Phi) is 2.82. The Morgan fingerprint density at radius 1 is 1.40 bits per heavy atom. The molecule has 0 unspecified atom stereocenters. The molecule has 1 aliphatic rings. The van der Waals surface area contributed by atoms with E-state index >= 15 is 0 Å². The van der Waals surface area contributed by atoms with Crippen molar-refractivity contribution in [2.75, 3.05) is 11.5 Å². The first-order chi connectivity index (χ1) is 4.88. The minimum Gasteiger partial charge on any atom is -0.152 e. The minimum absolute atomic E-state index is 1.14. The standard InChI is InChI=1S/C9H12S/c1-3-5-9-7-10-6-8(9)4-2/h3-5H,2,6-7H2,1H3/b5-3-. The van der Waals surface area contributed by atoms with Gasteiger partial charge in [-0.05, 0) is 18.1 Å². The number of allylic oxidation sites excluding steroid dienone is 3. The van der Waals surface area contributed by atoms with Crippen molar-refractivity contribution in [1.82, 2.24) is 0 Å². The van der Waals surface area contributed by atoms with Crippen LogP contribution in [0.1, 0.15) is 6.92 Å². The van der Waals surface area contributed by atoms with Crippen molar-refractivity contribution in [1.29, 1.82) is 0 Å². The van der Waals surface area contributed by atoms with Crippen molar-refractivity contribution in [3.05, 3.63) is 36.0 Å². The van der Waals surface area contributed by atoms with Crippen LogP contribution in [0.5, 0.6) is 0 Å². The lowest BCUT2D eigenvalue weighted by Crippen LogP contribution is -1.79. The molecule has 0 atom stereocenters. The fourth-order valence-electron chi connectivity index (χ4n) is 1.00. The molecule has 10 heavy (non-hydrogen) atoms. The first-order valence-electron chi connectivity index (χ1n) is 3.43. The highest BCUT2D eigenvalue weighted by Gasteiger charge is 2.08. The summed E-state index contributed by atoms with van der Waals surface area (Å²) in [4.78, 5) is 0. The van der Waals surface area contributed by atoms with E-state index in [9.17, 15) is 0 Å². The first kappa shape index (κ1) is 7.67. The van der Waals surface area contributed by atoms with E-state index in [1.807, 2.05) is 17.8 Å². The molecule has 1 heteroatoms. The van der Waals surface area contributed by atoms with Crippen LogP contribution in [0.25, 0.3) is 0 Å². The van der Waals surface area contributed by atoms with Crippen molar-refractivity contribution in [2.24, 2.45) is 0 Å². The van der Waals surface area contributed by atoms with Crippen LogP contribution in [-0.2, 0) is 0 Å². The van der Waals surface area contributed by atoms with E-state index in [2.05, 4.69) is 25.7 Å². The van der Waals surface area contributed by atoms with Crippen LogP contribution in [0, 0.1) is 0 Å². The summed E-state index contributed by atoms with van der Waals surface area (Å²) in [5, 5.41) is 0. The van der Waals surface area contributed by atoms with Gasteiger partial charge in [0.2, 0.25) is 0 Å². The van der Waals surface area contributed by atoms with Crippen molar-refractivity contribution in [3.63, 3.8) is 0 Å². The molecule has 0 saturated heterocycles. The molecular weight excluding hydrogens is 140 g/mol. The Hall–Kier alpha value is -0.430. The summed E-state index contributed by atoms with van der Waals surface area (Å²) < 4.78 is 0. The van der Waals surface area contributed by atoms with E-state index in [0.717, 1.165) is 11.5 Å². The van der Waals surface area contributed by atoms with Crippen LogP contribution in [0.15, 0.2) is 36.0 Å². The maximum absolute atomic E-state index is 3.77. The summed E-state index contributed by atoms with van der Waals surface area (Å²) in [5.74, 6) is 2.30. The van der Waals surface area contributed by atoms with Crippen molar-refractivity contribution < 1.29 is 0 Å². The number of thioether (sulfide) groups is 1. The zero-order valence-electron chi connectivity index (χ0n) is 6.26. The van der Waals surface area contributed by atoms with Gasteiger partial charge in [0.25, 0.3) is 0 Å². The van der Waals surface area contributed by atoms with Gasteiger partial charge in [0.15, 0.2) is 0 Å². The lowest BCUT2D eigenvalue weighted by Gasteiger charge is -1.92. The van der Waals surface area contributed by atoms with E-state index in [0.29, 0.717) is 0 Å². The van der Waals surface area contributed by atoms with Crippen LogP contribution in [-0.4, -0.2) is 11.5 Å². The number of rotatable bonds is 2. The summed E-state index contributed by atoms with van der Waals surface area (Å²) in [6, 6.07) is 0. The van der Waals surface area contributed by atoms with E-state index in [1.165, 1.54) is 11.1 Å². The molecule has 0 N–H and O–H groups in total. The van der Waals surface area contributed by atoms with Crippen LogP contribution >= 0.6 is 11.8 Å². The molecule has 1 aliphatic heterocycles. The van der Waals surface area contributed by atoms with Crippen LogP contribution in [0.3, 0.4) is 0 Å². The predicted octanol–water partition coefficient (Wildman–Crippen LogP) is 2.79. The highest BCUT2D eigenvalue weighted by Crippen LogP contribution is 2.25. The van der Waals surface area contributed by atoms with Gasteiger partial charge in [-0.1, -0.05) is 24.8 Å². The summed E-state index contributed by atoms with van der Waals surface area (Å²) in [6.45, 7) is 5.82. The average Bonchev–Trinajstić information content (AvgIpc) is 2.36. The van der Waals surface area contributed by atoms with Gasteiger partial charge in [-0.25, -0.2) is 0 Å². The molecule has 0 fully saturated rings. The maximum Gasteiger partial charge on any atom is 0.0190 e. The smallest absolute Gasteiger partial charge is 0.0190 e. The molecule has 0 bridgehead atoms. The van der Waals surface area contributed by atoms with Crippen LogP contribution < -0.4 is 0 Å². The van der Waals surface area contributed by atoms with E-state index in [4.69, 9.17) is 0 Å². The normalized spacial score (nSPS) is 18.9. The van der Waals surface area contributed by atoms with Gasteiger partial charge >= 0.3 is 0 Å². The van der Waals surface area contributed by atoms with E-state index in [1.54, 1.807) is 0 Å². The predicted molar refractivity (Wildman–Crippen MR) is 49.4 cm³/mol. The Bertz CT molecular complexity index is 187. The average molecular weight is 152 g/mol. The summed E-state index contributed by atoms with van der Waals surface area (Å²) in [6.07, 6.45) is 6.23. The molecule has 0 spiro atoms. The van der Waals surface area contributed by atoms with Gasteiger partial charge in [0.05, 0.1) is 0 Å². The molecule has 0 aromatic heterocycles. The van der Waals surface area contributed by atoms with Crippen molar-refractivity contribution in [3.8, 4) is 0 Å². The lowest BCUT2D eigenvalue weighted by molar-refractivity contribution is 1.45. The molecule has 0 radical (unpaired) electrons. The minimum atomic E-state index is 1.14. The van der Waals surface area contributed by atoms with Crippen molar-refractivity contribution in [2.45, 2.75) is 6.92 Å². The zero-order chi connectivity index (χ0) is 7.40. The number of hydrogen-bond donors (Lipinski definition) is 0. The number of hydrogen-bond acceptors (Lipinski definition) is 1. The molecule has 0 aromatic carbocycles. The molecular formula is C9H12S. The fraction of sp³-hybridized carbons (Fsp3) is 0.333. The molecule has 0 aliphatic carbocycles. The molecule has 1 heterocycles. The summed E-state index contributed by atoms with van der Waals surface area (Å²) in [5.41, 5.74) is 2.85. The van der Waals surface area contributed by atoms with Gasteiger partial charge in [-0.15, -0.1) is 0 Å². The van der Waals surface area contributed by atoms with Gasteiger partial charge < -0.3 is 0 Å². The quantitative estimate of drug-likeness (QED) is 0.586. The SMILES string of the molecule is C=CC1=C(/C=C\C)CSC1. The zero-order valence-corrected chi connectivity index (χ0v) is 7.08. The maximum atomic E-state index is 3.77.